The van der Waals surface area contributed by atoms with Gasteiger partial charge in [0.25, 0.3) is 5.91 Å². The van der Waals surface area contributed by atoms with Crippen molar-refractivity contribution in [2.75, 3.05) is 13.1 Å². The number of nitrogens with one attached hydrogen (secondary N) is 1. The topological polar surface area (TPSA) is 111 Å². The van der Waals surface area contributed by atoms with Gasteiger partial charge in [0.1, 0.15) is 6.04 Å². The summed E-state index contributed by atoms with van der Waals surface area (Å²) in [5.74, 6) is -0.442. The van der Waals surface area contributed by atoms with Crippen molar-refractivity contribution in [3.63, 3.8) is 0 Å². The minimum absolute atomic E-state index is 0.0156. The Morgan fingerprint density at radius 3 is 2.39 bits per heavy atom. The predicted octanol–water partition coefficient (Wildman–Crippen LogP) is 3.72. The van der Waals surface area contributed by atoms with Crippen LogP contribution in [0.4, 0.5) is 0 Å². The first-order valence-corrected chi connectivity index (χ1v) is 13.9. The van der Waals surface area contributed by atoms with Crippen LogP contribution in [0.15, 0.2) is 53.4 Å². The van der Waals surface area contributed by atoms with Crippen molar-refractivity contribution in [3.05, 3.63) is 64.7 Å². The van der Waals surface area contributed by atoms with Crippen LogP contribution in [0, 0.1) is 11.3 Å². The molecule has 36 heavy (non-hydrogen) atoms. The van der Waals surface area contributed by atoms with Crippen LogP contribution in [-0.2, 0) is 21.4 Å². The lowest BCUT2D eigenvalue weighted by atomic mass is 10.1. The number of hydrogen-bond acceptors (Lipinski definition) is 5. The van der Waals surface area contributed by atoms with E-state index in [-0.39, 0.29) is 35.7 Å². The third-order valence-corrected chi connectivity index (χ3v) is 8.65. The zero-order valence-corrected chi connectivity index (χ0v) is 21.5. The van der Waals surface area contributed by atoms with E-state index in [0.717, 1.165) is 25.7 Å². The van der Waals surface area contributed by atoms with Gasteiger partial charge in [-0.05, 0) is 74.1 Å². The molecule has 2 aromatic carbocycles. The zero-order chi connectivity index (χ0) is 25.7. The highest BCUT2D eigenvalue weighted by Gasteiger charge is 2.37. The summed E-state index contributed by atoms with van der Waals surface area (Å²) in [6, 6.07) is 14.1. The van der Waals surface area contributed by atoms with E-state index in [2.05, 4.69) is 11.4 Å². The van der Waals surface area contributed by atoms with Crippen molar-refractivity contribution in [3.8, 4) is 6.07 Å². The lowest BCUT2D eigenvalue weighted by molar-refractivity contribution is -0.124. The molecule has 1 aliphatic carbocycles. The van der Waals surface area contributed by atoms with Gasteiger partial charge in [-0.3, -0.25) is 9.59 Å². The molecule has 0 spiro atoms. The van der Waals surface area contributed by atoms with E-state index >= 15 is 0 Å². The molecule has 2 aliphatic rings. The number of carbonyl (C=O) groups is 2. The Morgan fingerprint density at radius 2 is 1.75 bits per heavy atom. The highest BCUT2D eigenvalue weighted by Crippen LogP contribution is 2.29. The van der Waals surface area contributed by atoms with Gasteiger partial charge >= 0.3 is 0 Å². The lowest BCUT2D eigenvalue weighted by Gasteiger charge is -2.29. The molecule has 1 heterocycles. The van der Waals surface area contributed by atoms with E-state index in [9.17, 15) is 18.0 Å². The van der Waals surface area contributed by atoms with Crippen molar-refractivity contribution in [1.29, 1.82) is 5.26 Å². The zero-order valence-electron chi connectivity index (χ0n) is 19.9. The highest BCUT2D eigenvalue weighted by molar-refractivity contribution is 7.89. The maximum Gasteiger partial charge on any atom is 0.254 e. The third kappa shape index (κ3) is 6.06. The normalized spacial score (nSPS) is 18.2. The van der Waals surface area contributed by atoms with E-state index in [0.29, 0.717) is 35.7 Å². The van der Waals surface area contributed by atoms with Crippen LogP contribution in [-0.4, -0.2) is 54.6 Å². The average molecular weight is 529 g/mol. The second kappa shape index (κ2) is 11.4. The molecular weight excluding hydrogens is 500 g/mol. The van der Waals surface area contributed by atoms with Crippen molar-refractivity contribution in [2.45, 2.75) is 62.0 Å². The molecule has 1 aliphatic heterocycles. The molecule has 1 atom stereocenters. The lowest BCUT2D eigenvalue weighted by Crippen LogP contribution is -2.48. The van der Waals surface area contributed by atoms with E-state index in [4.69, 9.17) is 16.9 Å². The number of nitrogens with zero attached hydrogens (tertiary/aromatic N) is 3. The van der Waals surface area contributed by atoms with E-state index < -0.39 is 16.1 Å². The minimum atomic E-state index is -4.01. The van der Waals surface area contributed by atoms with Gasteiger partial charge in [-0.25, -0.2) is 8.42 Å². The molecule has 1 N–H and O–H groups in total. The van der Waals surface area contributed by atoms with Gasteiger partial charge in [-0.1, -0.05) is 23.7 Å². The molecule has 2 aromatic rings. The van der Waals surface area contributed by atoms with Crippen molar-refractivity contribution in [2.24, 2.45) is 0 Å². The molecule has 4 rings (SSSR count). The Kier molecular flexibility index (Phi) is 8.29. The molecule has 190 valence electrons. The van der Waals surface area contributed by atoms with Crippen molar-refractivity contribution < 1.29 is 18.0 Å². The van der Waals surface area contributed by atoms with Crippen LogP contribution < -0.4 is 5.32 Å². The van der Waals surface area contributed by atoms with Crippen molar-refractivity contribution in [1.82, 2.24) is 14.5 Å². The summed E-state index contributed by atoms with van der Waals surface area (Å²) in [6.45, 7) is 0.897. The first kappa shape index (κ1) is 26.1. The maximum absolute atomic E-state index is 13.7. The van der Waals surface area contributed by atoms with Crippen LogP contribution in [0.1, 0.15) is 54.4 Å². The molecule has 8 nitrogen and oxygen atoms in total. The van der Waals surface area contributed by atoms with Crippen LogP contribution in [0.25, 0.3) is 0 Å². The van der Waals surface area contributed by atoms with Crippen molar-refractivity contribution >= 4 is 33.4 Å². The molecule has 0 unspecified atom stereocenters. The quantitative estimate of drug-likeness (QED) is 0.533. The second-order valence-corrected chi connectivity index (χ2v) is 11.5. The van der Waals surface area contributed by atoms with Gasteiger partial charge in [-0.15, -0.1) is 0 Å². The third-order valence-electron chi connectivity index (χ3n) is 6.53. The molecule has 1 saturated carbocycles. The number of carbonyl (C=O) groups excluding carboxylic acids is 2. The fraction of sp³-hybridized carbons (Fsp3) is 0.423. The monoisotopic (exact) mass is 528 g/mol. The molecule has 0 aromatic heterocycles. The Morgan fingerprint density at radius 1 is 1.06 bits per heavy atom. The summed E-state index contributed by atoms with van der Waals surface area (Å²) in [6.07, 6.45) is 4.10. The summed E-state index contributed by atoms with van der Waals surface area (Å²) >= 11 is 5.96. The molecule has 0 bridgehead atoms. The number of amides is 2. The number of benzene rings is 2. The largest absolute Gasteiger partial charge is 0.355 e. The van der Waals surface area contributed by atoms with E-state index in [1.807, 2.05) is 0 Å². The fourth-order valence-corrected chi connectivity index (χ4v) is 6.14. The highest BCUT2D eigenvalue weighted by atomic mass is 35.5. The van der Waals surface area contributed by atoms with E-state index in [1.54, 1.807) is 29.2 Å². The standard InChI is InChI=1S/C26H29ClN4O4S/c27-21-9-13-23(14-10-21)36(34,35)31(24-4-1-2-16-29-25(24)32)18-19-5-7-20(8-6-19)26(33)30(17-3-15-28)22-11-12-22/h5-10,13-14,22,24H,1-4,11-12,16-18H2,(H,29,32)/t24-/m1/s1. The fourth-order valence-electron chi connectivity index (χ4n) is 4.41. The molecule has 2 amide bonds. The smallest absolute Gasteiger partial charge is 0.254 e. The Hall–Kier alpha value is -2.93. The minimum Gasteiger partial charge on any atom is -0.355 e. The Labute approximate surface area is 216 Å². The second-order valence-electron chi connectivity index (χ2n) is 9.14. The van der Waals surface area contributed by atoms with Crippen LogP contribution >= 0.6 is 11.6 Å². The molecule has 0 radical (unpaired) electrons. The summed E-state index contributed by atoms with van der Waals surface area (Å²) in [5.41, 5.74) is 1.15. The number of sulfonamides is 1. The predicted molar refractivity (Wildman–Crippen MR) is 136 cm³/mol. The molecule has 2 fully saturated rings. The first-order chi connectivity index (χ1) is 17.3. The van der Waals surface area contributed by atoms with Gasteiger partial charge in [0.2, 0.25) is 15.9 Å². The van der Waals surface area contributed by atoms with Gasteiger partial charge in [-0.2, -0.15) is 9.57 Å². The summed E-state index contributed by atoms with van der Waals surface area (Å²) in [5, 5.41) is 12.2. The SMILES string of the molecule is N#CCCN(C(=O)c1ccc(CN([C@@H]2CCCCNC2=O)S(=O)(=O)c2ccc(Cl)cc2)cc1)C1CC1. The number of rotatable bonds is 9. The summed E-state index contributed by atoms with van der Waals surface area (Å²) in [7, 11) is -4.01. The Balaban J connectivity index is 1.60. The molecular formula is C26H29ClN4O4S. The van der Waals surface area contributed by atoms with Gasteiger partial charge in [0.15, 0.2) is 0 Å². The number of nitriles is 1. The molecule has 1 saturated heterocycles. The number of hydrogen-bond donors (Lipinski definition) is 1. The average Bonchev–Trinajstić information content (AvgIpc) is 3.72. The first-order valence-electron chi connectivity index (χ1n) is 12.1. The van der Waals surface area contributed by atoms with Crippen LogP contribution in [0.2, 0.25) is 5.02 Å². The van der Waals surface area contributed by atoms with Gasteiger partial charge < -0.3 is 10.2 Å². The van der Waals surface area contributed by atoms with E-state index in [1.165, 1.54) is 28.6 Å². The Bertz CT molecular complexity index is 1240. The summed E-state index contributed by atoms with van der Waals surface area (Å²) in [4.78, 5) is 27.7. The summed E-state index contributed by atoms with van der Waals surface area (Å²) < 4.78 is 28.6. The van der Waals surface area contributed by atoms with Gasteiger partial charge in [0.05, 0.1) is 17.4 Å². The van der Waals surface area contributed by atoms with Gasteiger partial charge in [0, 0.05) is 36.3 Å². The number of halogens is 1. The maximum atomic E-state index is 13.7. The van der Waals surface area contributed by atoms with Crippen LogP contribution in [0.3, 0.4) is 0 Å². The van der Waals surface area contributed by atoms with Crippen LogP contribution in [0.5, 0.6) is 0 Å². The molecule has 10 heteroatoms.